The molecule has 25 heavy (non-hydrogen) atoms. The number of amides is 1. The van der Waals surface area contributed by atoms with Crippen molar-refractivity contribution in [2.75, 3.05) is 11.4 Å². The van der Waals surface area contributed by atoms with Gasteiger partial charge in [0.1, 0.15) is 11.6 Å². The first-order chi connectivity index (χ1) is 12.1. The van der Waals surface area contributed by atoms with Crippen molar-refractivity contribution in [3.63, 3.8) is 0 Å². The third-order valence-electron chi connectivity index (χ3n) is 5.28. The highest BCUT2D eigenvalue weighted by atomic mass is 16.2. The Morgan fingerprint density at radius 3 is 2.76 bits per heavy atom. The van der Waals surface area contributed by atoms with Crippen molar-refractivity contribution in [3.05, 3.63) is 41.5 Å². The second-order valence-electron chi connectivity index (χ2n) is 7.14. The molecular weight excluding hydrogens is 314 g/mol. The van der Waals surface area contributed by atoms with Gasteiger partial charge in [0.2, 0.25) is 5.91 Å². The van der Waals surface area contributed by atoms with E-state index in [1.54, 1.807) is 0 Å². The average molecular weight is 339 g/mol. The van der Waals surface area contributed by atoms with E-state index in [1.165, 1.54) is 18.4 Å². The minimum absolute atomic E-state index is 0.0197. The summed E-state index contributed by atoms with van der Waals surface area (Å²) in [6.45, 7) is 5.87. The van der Waals surface area contributed by atoms with Crippen LogP contribution < -0.4 is 10.2 Å². The maximum atomic E-state index is 12.8. The monoisotopic (exact) mass is 339 g/mol. The smallest absolute Gasteiger partial charge is 0.244 e. The molecule has 0 spiro atoms. The molecule has 2 aliphatic rings. The number of hydrogen-bond donors (Lipinski definition) is 1. The Bertz CT molecular complexity index is 767. The first-order valence-electron chi connectivity index (χ1n) is 9.19. The van der Waals surface area contributed by atoms with Crippen molar-refractivity contribution in [1.29, 1.82) is 0 Å². The van der Waals surface area contributed by atoms with Crippen molar-refractivity contribution in [2.45, 2.75) is 58.2 Å². The zero-order valence-corrected chi connectivity index (χ0v) is 14.9. The van der Waals surface area contributed by atoms with Crippen LogP contribution >= 0.6 is 0 Å². The van der Waals surface area contributed by atoms with Gasteiger partial charge in [0.05, 0.1) is 12.1 Å². The molecule has 0 aliphatic carbocycles. The molecule has 0 bridgehead atoms. The molecule has 1 N–H and O–H groups in total. The molecule has 1 fully saturated rings. The maximum Gasteiger partial charge on any atom is 0.244 e. The number of benzene rings is 1. The van der Waals surface area contributed by atoms with Crippen LogP contribution in [-0.4, -0.2) is 33.3 Å². The normalized spacial score (nSPS) is 21.4. The molecule has 2 atom stereocenters. The zero-order chi connectivity index (χ0) is 17.4. The van der Waals surface area contributed by atoms with E-state index in [0.717, 1.165) is 43.3 Å². The highest BCUT2D eigenvalue weighted by Crippen LogP contribution is 2.24. The summed E-state index contributed by atoms with van der Waals surface area (Å²) in [6.07, 6.45) is 4.18. The van der Waals surface area contributed by atoms with Gasteiger partial charge in [-0.25, -0.2) is 0 Å². The summed E-state index contributed by atoms with van der Waals surface area (Å²) in [5, 5.41) is 12.2. The number of fused-ring (bicyclic) bond motifs is 1. The second-order valence-corrected chi connectivity index (χ2v) is 7.14. The molecule has 3 heterocycles. The number of carbonyl (C=O) groups is 1. The van der Waals surface area contributed by atoms with Crippen LogP contribution in [0.5, 0.6) is 0 Å². The fraction of sp³-hybridized carbons (Fsp3) is 0.526. The van der Waals surface area contributed by atoms with Crippen LogP contribution in [-0.2, 0) is 17.8 Å². The number of aromatic nitrogens is 3. The number of rotatable bonds is 4. The van der Waals surface area contributed by atoms with Gasteiger partial charge in [0.25, 0.3) is 0 Å². The highest BCUT2D eigenvalue weighted by molar-refractivity contribution is 5.99. The van der Waals surface area contributed by atoms with Gasteiger partial charge in [-0.3, -0.25) is 10.1 Å². The summed E-state index contributed by atoms with van der Waals surface area (Å²) in [4.78, 5) is 14.7. The molecule has 1 aromatic carbocycles. The topological polar surface area (TPSA) is 63.0 Å². The van der Waals surface area contributed by atoms with E-state index in [-0.39, 0.29) is 18.0 Å². The SMILES string of the molecule is Cc1ccc(N2CCC(NC(C)c3nnc4n3CCCC4)C2=O)cc1. The molecule has 0 saturated carbocycles. The minimum Gasteiger partial charge on any atom is -0.314 e. The van der Waals surface area contributed by atoms with Gasteiger partial charge in [-0.2, -0.15) is 0 Å². The van der Waals surface area contributed by atoms with Gasteiger partial charge in [-0.1, -0.05) is 17.7 Å². The molecule has 6 heteroatoms. The molecule has 4 rings (SSSR count). The molecule has 132 valence electrons. The van der Waals surface area contributed by atoms with E-state index in [1.807, 2.05) is 17.0 Å². The van der Waals surface area contributed by atoms with Crippen molar-refractivity contribution in [2.24, 2.45) is 0 Å². The second kappa shape index (κ2) is 6.59. The van der Waals surface area contributed by atoms with E-state index >= 15 is 0 Å². The lowest BCUT2D eigenvalue weighted by atomic mass is 10.1. The summed E-state index contributed by atoms with van der Waals surface area (Å²) < 4.78 is 2.22. The first-order valence-corrected chi connectivity index (χ1v) is 9.19. The van der Waals surface area contributed by atoms with Crippen LogP contribution in [0.15, 0.2) is 24.3 Å². The Hall–Kier alpha value is -2.21. The lowest BCUT2D eigenvalue weighted by molar-refractivity contribution is -0.119. The predicted molar refractivity (Wildman–Crippen MR) is 96.4 cm³/mol. The summed E-state index contributed by atoms with van der Waals surface area (Å²) >= 11 is 0. The largest absolute Gasteiger partial charge is 0.314 e. The zero-order valence-electron chi connectivity index (χ0n) is 14.9. The van der Waals surface area contributed by atoms with E-state index in [9.17, 15) is 4.79 Å². The third kappa shape index (κ3) is 3.06. The molecule has 1 amide bonds. The number of nitrogens with zero attached hydrogens (tertiary/aromatic N) is 4. The van der Waals surface area contributed by atoms with Gasteiger partial charge in [-0.15, -0.1) is 10.2 Å². The van der Waals surface area contributed by atoms with Crippen molar-refractivity contribution in [3.8, 4) is 0 Å². The average Bonchev–Trinajstić information content (AvgIpc) is 3.20. The Morgan fingerprint density at radius 2 is 1.96 bits per heavy atom. The molecule has 2 aliphatic heterocycles. The third-order valence-corrected chi connectivity index (χ3v) is 5.28. The summed E-state index contributed by atoms with van der Waals surface area (Å²) in [5.74, 6) is 2.18. The number of hydrogen-bond acceptors (Lipinski definition) is 4. The van der Waals surface area contributed by atoms with Crippen LogP contribution in [0.3, 0.4) is 0 Å². The van der Waals surface area contributed by atoms with E-state index in [0.29, 0.717) is 0 Å². The van der Waals surface area contributed by atoms with Gasteiger partial charge in [0, 0.05) is 25.2 Å². The Balaban J connectivity index is 1.45. The van der Waals surface area contributed by atoms with E-state index in [2.05, 4.69) is 46.1 Å². The predicted octanol–water partition coefficient (Wildman–Crippen LogP) is 2.38. The number of anilines is 1. The Kier molecular flexibility index (Phi) is 4.29. The number of carbonyl (C=O) groups excluding carboxylic acids is 1. The molecule has 0 radical (unpaired) electrons. The van der Waals surface area contributed by atoms with Crippen LogP contribution in [0.2, 0.25) is 0 Å². The van der Waals surface area contributed by atoms with Crippen LogP contribution in [0.25, 0.3) is 0 Å². The van der Waals surface area contributed by atoms with E-state index in [4.69, 9.17) is 0 Å². The standard InChI is InChI=1S/C19H25N5O/c1-13-6-8-15(9-7-13)23-12-10-16(19(23)25)20-14(2)18-22-21-17-5-3-4-11-24(17)18/h6-9,14,16,20H,3-5,10-12H2,1-2H3. The number of nitrogens with one attached hydrogen (secondary N) is 1. The van der Waals surface area contributed by atoms with Crippen molar-refractivity contribution in [1.82, 2.24) is 20.1 Å². The van der Waals surface area contributed by atoms with Gasteiger partial charge < -0.3 is 9.47 Å². The summed E-state index contributed by atoms with van der Waals surface area (Å²) in [7, 11) is 0. The molecule has 2 unspecified atom stereocenters. The van der Waals surface area contributed by atoms with Gasteiger partial charge in [0.15, 0.2) is 0 Å². The minimum atomic E-state index is -0.159. The van der Waals surface area contributed by atoms with Crippen molar-refractivity contribution >= 4 is 11.6 Å². The van der Waals surface area contributed by atoms with Crippen molar-refractivity contribution < 1.29 is 4.79 Å². The highest BCUT2D eigenvalue weighted by Gasteiger charge is 2.34. The molecule has 6 nitrogen and oxygen atoms in total. The quantitative estimate of drug-likeness (QED) is 0.929. The lowest BCUT2D eigenvalue weighted by Gasteiger charge is -2.22. The molecule has 1 saturated heterocycles. The van der Waals surface area contributed by atoms with Gasteiger partial charge >= 0.3 is 0 Å². The van der Waals surface area contributed by atoms with Crippen LogP contribution in [0.1, 0.15) is 49.4 Å². The Labute approximate surface area is 148 Å². The number of aryl methyl sites for hydroxylation is 2. The maximum absolute atomic E-state index is 12.8. The Morgan fingerprint density at radius 1 is 1.16 bits per heavy atom. The molecule has 1 aromatic heterocycles. The molecule has 2 aromatic rings. The van der Waals surface area contributed by atoms with E-state index < -0.39 is 0 Å². The van der Waals surface area contributed by atoms with Crippen LogP contribution in [0, 0.1) is 6.92 Å². The fourth-order valence-electron chi connectivity index (χ4n) is 3.84. The summed E-state index contributed by atoms with van der Waals surface area (Å²) in [5.41, 5.74) is 2.18. The molecular formula is C19H25N5O. The lowest BCUT2D eigenvalue weighted by Crippen LogP contribution is -2.40. The fourth-order valence-corrected chi connectivity index (χ4v) is 3.84. The summed E-state index contributed by atoms with van der Waals surface area (Å²) in [6, 6.07) is 8.00. The van der Waals surface area contributed by atoms with Crippen LogP contribution in [0.4, 0.5) is 5.69 Å². The first kappa shape index (κ1) is 16.3. The van der Waals surface area contributed by atoms with Gasteiger partial charge in [-0.05, 0) is 45.2 Å².